The van der Waals surface area contributed by atoms with Gasteiger partial charge in [0.1, 0.15) is 23.2 Å². The third kappa shape index (κ3) is 6.89. The van der Waals surface area contributed by atoms with E-state index in [0.29, 0.717) is 44.8 Å². The van der Waals surface area contributed by atoms with Gasteiger partial charge in [0, 0.05) is 16.1 Å². The Bertz CT molecular complexity index is 1580. The molecule has 38 heavy (non-hydrogen) atoms. The zero-order valence-corrected chi connectivity index (χ0v) is 22.1. The topological polar surface area (TPSA) is 104 Å². The molecule has 0 saturated heterocycles. The summed E-state index contributed by atoms with van der Waals surface area (Å²) in [6, 6.07) is 23.9. The van der Waals surface area contributed by atoms with Crippen molar-refractivity contribution in [2.75, 3.05) is 12.4 Å². The molecule has 3 aromatic carbocycles. The maximum Gasteiger partial charge on any atom is 0.308 e. The Kier molecular flexibility index (Phi) is 8.50. The molecule has 0 saturated carbocycles. The minimum atomic E-state index is -1.42. The third-order valence-corrected chi connectivity index (χ3v) is 7.15. The molecule has 1 atom stereocenters. The molecule has 0 bridgehead atoms. The van der Waals surface area contributed by atoms with Crippen LogP contribution in [-0.2, 0) is 16.6 Å². The highest BCUT2D eigenvalue weighted by molar-refractivity contribution is 7.99. The van der Waals surface area contributed by atoms with Crippen molar-refractivity contribution in [3.8, 4) is 40.5 Å². The SMILES string of the molecule is O=[S@@](Cc1ccccc1)c1nnc(-c2ccc(OCC#CCSc3nnc(-c4ccc(Cl)cc4)o3)cc2)o1. The van der Waals surface area contributed by atoms with Crippen molar-refractivity contribution in [3.05, 3.63) is 89.4 Å². The lowest BCUT2D eigenvalue weighted by atomic mass is 10.2. The summed E-state index contributed by atoms with van der Waals surface area (Å²) in [5.74, 6) is 8.14. The van der Waals surface area contributed by atoms with Crippen molar-refractivity contribution in [1.29, 1.82) is 0 Å². The highest BCUT2D eigenvalue weighted by Crippen LogP contribution is 2.25. The van der Waals surface area contributed by atoms with Gasteiger partial charge in [0.05, 0.1) is 11.5 Å². The van der Waals surface area contributed by atoms with Gasteiger partial charge < -0.3 is 13.6 Å². The Morgan fingerprint density at radius 3 is 2.26 bits per heavy atom. The molecular formula is C27H19ClN4O4S2. The number of rotatable bonds is 9. The Morgan fingerprint density at radius 1 is 0.816 bits per heavy atom. The highest BCUT2D eigenvalue weighted by atomic mass is 35.5. The summed E-state index contributed by atoms with van der Waals surface area (Å²) >= 11 is 7.25. The van der Waals surface area contributed by atoms with Crippen molar-refractivity contribution in [2.24, 2.45) is 0 Å². The largest absolute Gasteiger partial charge is 0.481 e. The molecule has 0 radical (unpaired) electrons. The quantitative estimate of drug-likeness (QED) is 0.160. The second-order valence-electron chi connectivity index (χ2n) is 7.68. The first kappa shape index (κ1) is 25.7. The summed E-state index contributed by atoms with van der Waals surface area (Å²) in [6.45, 7) is 0.225. The number of hydrogen-bond acceptors (Lipinski definition) is 9. The summed E-state index contributed by atoms with van der Waals surface area (Å²) in [5, 5.41) is 17.2. The third-order valence-electron chi connectivity index (χ3n) is 5.04. The van der Waals surface area contributed by atoms with Gasteiger partial charge in [-0.2, -0.15) is 0 Å². The van der Waals surface area contributed by atoms with Crippen LogP contribution in [0.2, 0.25) is 5.02 Å². The molecule has 190 valence electrons. The molecule has 0 unspecified atom stereocenters. The second kappa shape index (κ2) is 12.6. The van der Waals surface area contributed by atoms with Gasteiger partial charge in [-0.25, -0.2) is 4.21 Å². The van der Waals surface area contributed by atoms with E-state index in [1.54, 1.807) is 36.4 Å². The molecule has 0 aliphatic carbocycles. The van der Waals surface area contributed by atoms with Crippen molar-refractivity contribution in [3.63, 3.8) is 0 Å². The molecule has 5 aromatic rings. The number of aromatic nitrogens is 4. The van der Waals surface area contributed by atoms with Crippen LogP contribution in [-0.4, -0.2) is 37.0 Å². The number of halogens is 1. The minimum Gasteiger partial charge on any atom is -0.481 e. The first-order valence-electron chi connectivity index (χ1n) is 11.3. The number of benzene rings is 3. The molecule has 0 aliphatic heterocycles. The van der Waals surface area contributed by atoms with Gasteiger partial charge in [0.2, 0.25) is 11.8 Å². The Balaban J connectivity index is 1.07. The van der Waals surface area contributed by atoms with Crippen LogP contribution in [0.1, 0.15) is 5.56 Å². The van der Waals surface area contributed by atoms with E-state index in [1.807, 2.05) is 42.5 Å². The van der Waals surface area contributed by atoms with Crippen LogP contribution >= 0.6 is 23.4 Å². The molecule has 8 nitrogen and oxygen atoms in total. The van der Waals surface area contributed by atoms with E-state index in [0.717, 1.165) is 11.1 Å². The molecule has 2 heterocycles. The fourth-order valence-electron chi connectivity index (χ4n) is 3.20. The predicted octanol–water partition coefficient (Wildman–Crippen LogP) is 5.92. The summed E-state index contributed by atoms with van der Waals surface area (Å²) < 4.78 is 29.5. The predicted molar refractivity (Wildman–Crippen MR) is 145 cm³/mol. The second-order valence-corrected chi connectivity index (χ2v) is 10.4. The summed E-state index contributed by atoms with van der Waals surface area (Å²) in [4.78, 5) is 0. The standard InChI is InChI=1S/C27H19ClN4O4S2/c28-22-12-8-20(9-13-22)24-29-31-26(35-24)37-17-5-4-16-34-23-14-10-21(11-15-23)25-30-32-27(36-25)38(33)18-19-6-2-1-3-7-19/h1-3,6-15H,16-18H2/t38-/m0/s1. The summed E-state index contributed by atoms with van der Waals surface area (Å²) in [6.07, 6.45) is 0. The monoisotopic (exact) mass is 562 g/mol. The number of thioether (sulfide) groups is 1. The lowest BCUT2D eigenvalue weighted by Gasteiger charge is -2.02. The summed E-state index contributed by atoms with van der Waals surface area (Å²) in [7, 11) is -1.42. The molecule has 11 heteroatoms. The van der Waals surface area contributed by atoms with Crippen LogP contribution in [0.3, 0.4) is 0 Å². The van der Waals surface area contributed by atoms with Gasteiger partial charge in [0.25, 0.3) is 5.22 Å². The van der Waals surface area contributed by atoms with Gasteiger partial charge in [-0.3, -0.25) is 0 Å². The maximum absolute atomic E-state index is 12.5. The highest BCUT2D eigenvalue weighted by Gasteiger charge is 2.15. The van der Waals surface area contributed by atoms with E-state index < -0.39 is 10.8 Å². The maximum atomic E-state index is 12.5. The number of ether oxygens (including phenoxy) is 1. The van der Waals surface area contributed by atoms with Crippen LogP contribution in [0.25, 0.3) is 22.9 Å². The normalized spacial score (nSPS) is 11.5. The van der Waals surface area contributed by atoms with Gasteiger partial charge in [0.15, 0.2) is 0 Å². The van der Waals surface area contributed by atoms with E-state index in [2.05, 4.69) is 32.2 Å². The first-order valence-corrected chi connectivity index (χ1v) is 14.0. The Labute approximate surface area is 230 Å². The van der Waals surface area contributed by atoms with Crippen molar-refractivity contribution < 1.29 is 17.8 Å². The van der Waals surface area contributed by atoms with E-state index in [9.17, 15) is 4.21 Å². The van der Waals surface area contributed by atoms with Crippen LogP contribution in [0.15, 0.2) is 98.1 Å². The van der Waals surface area contributed by atoms with Crippen LogP contribution in [0, 0.1) is 11.8 Å². The smallest absolute Gasteiger partial charge is 0.308 e. The molecular weight excluding hydrogens is 544 g/mol. The number of hydrogen-bond donors (Lipinski definition) is 0. The van der Waals surface area contributed by atoms with E-state index >= 15 is 0 Å². The fraction of sp³-hybridized carbons (Fsp3) is 0.111. The lowest BCUT2D eigenvalue weighted by Crippen LogP contribution is -1.96. The van der Waals surface area contributed by atoms with Crippen LogP contribution < -0.4 is 4.74 Å². The minimum absolute atomic E-state index is 0.0963. The van der Waals surface area contributed by atoms with Gasteiger partial charge in [-0.1, -0.05) is 70.6 Å². The molecule has 2 aromatic heterocycles. The summed E-state index contributed by atoms with van der Waals surface area (Å²) in [5.41, 5.74) is 2.44. The molecule has 0 amide bonds. The molecule has 0 aliphatic rings. The van der Waals surface area contributed by atoms with Crippen LogP contribution in [0.5, 0.6) is 5.75 Å². The van der Waals surface area contributed by atoms with E-state index in [4.69, 9.17) is 25.2 Å². The van der Waals surface area contributed by atoms with Gasteiger partial charge in [-0.05, 0) is 54.1 Å². The van der Waals surface area contributed by atoms with Crippen molar-refractivity contribution in [2.45, 2.75) is 16.2 Å². The zero-order chi connectivity index (χ0) is 26.2. The lowest BCUT2D eigenvalue weighted by molar-refractivity contribution is 0.370. The van der Waals surface area contributed by atoms with Crippen molar-refractivity contribution in [1.82, 2.24) is 20.4 Å². The Morgan fingerprint density at radius 2 is 1.50 bits per heavy atom. The fourth-order valence-corrected chi connectivity index (χ4v) is 4.78. The van der Waals surface area contributed by atoms with Crippen molar-refractivity contribution >= 4 is 34.2 Å². The molecule has 0 fully saturated rings. The zero-order valence-electron chi connectivity index (χ0n) is 19.7. The number of nitrogens with zero attached hydrogens (tertiary/aromatic N) is 4. The first-order chi connectivity index (χ1) is 18.6. The van der Waals surface area contributed by atoms with Gasteiger partial charge >= 0.3 is 5.22 Å². The molecule has 0 spiro atoms. The van der Waals surface area contributed by atoms with E-state index in [-0.39, 0.29) is 11.8 Å². The molecule has 0 N–H and O–H groups in total. The van der Waals surface area contributed by atoms with Gasteiger partial charge in [-0.15, -0.1) is 15.3 Å². The Hall–Kier alpha value is -3.91. The molecule has 5 rings (SSSR count). The average molecular weight is 563 g/mol. The average Bonchev–Trinajstić information content (AvgIpc) is 3.63. The van der Waals surface area contributed by atoms with E-state index in [1.165, 1.54) is 11.8 Å². The van der Waals surface area contributed by atoms with Crippen LogP contribution in [0.4, 0.5) is 0 Å².